The number of rotatable bonds is 6. The Hall–Kier alpha value is -3.48. The van der Waals surface area contributed by atoms with Crippen molar-refractivity contribution in [2.45, 2.75) is 44.1 Å². The number of hydrogen-bond donors (Lipinski definition) is 1. The molecule has 3 aromatic rings. The zero-order chi connectivity index (χ0) is 27.3. The minimum Gasteiger partial charge on any atom is -0.480 e. The van der Waals surface area contributed by atoms with Crippen molar-refractivity contribution < 1.29 is 32.9 Å². The highest BCUT2D eigenvalue weighted by atomic mass is 35.5. The summed E-state index contributed by atoms with van der Waals surface area (Å²) in [7, 11) is 0. The van der Waals surface area contributed by atoms with Crippen molar-refractivity contribution in [1.29, 1.82) is 0 Å². The zero-order valence-electron chi connectivity index (χ0n) is 21.3. The van der Waals surface area contributed by atoms with Crippen molar-refractivity contribution in [3.63, 3.8) is 0 Å². The molecule has 0 aromatic carbocycles. The molecule has 13 heteroatoms. The van der Waals surface area contributed by atoms with Gasteiger partial charge in [-0.2, -0.15) is 0 Å². The molecule has 3 atom stereocenters. The standard InChI is InChI=1S/C26H27ClFN5O6/c1-14-26(12-37-13-26)38-6-4-32(14)19-7-17(27)9-29-24(19)39-18-8-20(25(34)35)33(10-18)23-21(28)22(30-15(2)31-23)16-3-5-36-11-16/h3,5,7,9,11,14,18,20H,4,6,8,10,12-13H2,1-2H3,(H,34,35)/t14-,18-,20-/m0/s1. The van der Waals surface area contributed by atoms with Crippen molar-refractivity contribution in [1.82, 2.24) is 15.0 Å². The summed E-state index contributed by atoms with van der Waals surface area (Å²) in [5, 5.41) is 10.5. The van der Waals surface area contributed by atoms with E-state index in [1.807, 2.05) is 0 Å². The van der Waals surface area contributed by atoms with Crippen LogP contribution in [0.3, 0.4) is 0 Å². The average molecular weight is 560 g/mol. The number of furan rings is 1. The van der Waals surface area contributed by atoms with Crippen molar-refractivity contribution in [2.24, 2.45) is 0 Å². The van der Waals surface area contributed by atoms with Crippen LogP contribution in [0.4, 0.5) is 15.9 Å². The Morgan fingerprint density at radius 1 is 1.31 bits per heavy atom. The van der Waals surface area contributed by atoms with Gasteiger partial charge in [-0.05, 0) is 26.0 Å². The van der Waals surface area contributed by atoms with Gasteiger partial charge in [0, 0.05) is 24.7 Å². The monoisotopic (exact) mass is 559 g/mol. The number of carbonyl (C=O) groups is 1. The zero-order valence-corrected chi connectivity index (χ0v) is 22.1. The summed E-state index contributed by atoms with van der Waals surface area (Å²) in [6, 6.07) is 2.27. The van der Waals surface area contributed by atoms with Crippen LogP contribution in [0.15, 0.2) is 35.3 Å². The Morgan fingerprint density at radius 2 is 2.13 bits per heavy atom. The van der Waals surface area contributed by atoms with Crippen LogP contribution >= 0.6 is 11.6 Å². The summed E-state index contributed by atoms with van der Waals surface area (Å²) in [5.41, 5.74) is 0.742. The highest BCUT2D eigenvalue weighted by Crippen LogP contribution is 2.40. The largest absolute Gasteiger partial charge is 0.480 e. The van der Waals surface area contributed by atoms with Crippen LogP contribution in [0.5, 0.6) is 5.88 Å². The van der Waals surface area contributed by atoms with E-state index in [9.17, 15) is 9.90 Å². The summed E-state index contributed by atoms with van der Waals surface area (Å²) in [4.78, 5) is 28.7. The van der Waals surface area contributed by atoms with Crippen LogP contribution in [0.2, 0.25) is 5.02 Å². The number of carboxylic acids is 1. The maximum Gasteiger partial charge on any atom is 0.326 e. The number of pyridine rings is 1. The lowest BCUT2D eigenvalue weighted by Crippen LogP contribution is -2.68. The maximum absolute atomic E-state index is 15.7. The molecule has 3 fully saturated rings. The molecule has 3 aromatic heterocycles. The third kappa shape index (κ3) is 4.56. The van der Waals surface area contributed by atoms with Crippen molar-refractivity contribution >= 4 is 29.1 Å². The average Bonchev–Trinajstić information content (AvgIpc) is 3.56. The molecule has 6 heterocycles. The molecule has 0 bridgehead atoms. The normalized spacial score (nSPS) is 24.2. The van der Waals surface area contributed by atoms with Crippen LogP contribution in [-0.2, 0) is 14.3 Å². The molecule has 39 heavy (non-hydrogen) atoms. The summed E-state index contributed by atoms with van der Waals surface area (Å²) in [5.74, 6) is -1.32. The molecule has 6 rings (SSSR count). The number of carboxylic acid groups (broad SMARTS) is 1. The second-order valence-electron chi connectivity index (χ2n) is 10.0. The first-order valence-corrected chi connectivity index (χ1v) is 13.0. The van der Waals surface area contributed by atoms with E-state index in [1.165, 1.54) is 23.6 Å². The van der Waals surface area contributed by atoms with Gasteiger partial charge < -0.3 is 33.5 Å². The number of aryl methyl sites for hydroxylation is 1. The number of anilines is 2. The quantitative estimate of drug-likeness (QED) is 0.478. The predicted octanol–water partition coefficient (Wildman–Crippen LogP) is 3.34. The molecular formula is C26H27ClFN5O6. The molecular weight excluding hydrogens is 533 g/mol. The number of nitrogens with zero attached hydrogens (tertiary/aromatic N) is 5. The van der Waals surface area contributed by atoms with Crippen molar-refractivity contribution in [3.05, 3.63) is 47.5 Å². The van der Waals surface area contributed by atoms with Crippen LogP contribution in [0, 0.1) is 12.7 Å². The maximum atomic E-state index is 15.7. The van der Waals surface area contributed by atoms with E-state index >= 15 is 4.39 Å². The van der Waals surface area contributed by atoms with Gasteiger partial charge in [-0.25, -0.2) is 24.1 Å². The topological polar surface area (TPSA) is 123 Å². The van der Waals surface area contributed by atoms with Gasteiger partial charge in [-0.15, -0.1) is 0 Å². The molecule has 11 nitrogen and oxygen atoms in total. The van der Waals surface area contributed by atoms with Gasteiger partial charge >= 0.3 is 5.97 Å². The van der Waals surface area contributed by atoms with E-state index < -0.39 is 29.5 Å². The Labute approximate surface area is 228 Å². The summed E-state index contributed by atoms with van der Waals surface area (Å²) < 4.78 is 38.5. The molecule has 1 spiro atoms. The van der Waals surface area contributed by atoms with Crippen molar-refractivity contribution in [2.75, 3.05) is 42.7 Å². The predicted molar refractivity (Wildman–Crippen MR) is 138 cm³/mol. The fourth-order valence-corrected chi connectivity index (χ4v) is 5.60. The lowest BCUT2D eigenvalue weighted by molar-refractivity contribution is -0.228. The fourth-order valence-electron chi connectivity index (χ4n) is 5.45. The van der Waals surface area contributed by atoms with Crippen LogP contribution in [0.25, 0.3) is 11.3 Å². The highest BCUT2D eigenvalue weighted by Gasteiger charge is 2.50. The summed E-state index contributed by atoms with van der Waals surface area (Å²) in [6.07, 6.45) is 3.76. The smallest absolute Gasteiger partial charge is 0.326 e. The third-order valence-corrected chi connectivity index (χ3v) is 7.80. The number of aliphatic carboxylic acids is 1. The third-order valence-electron chi connectivity index (χ3n) is 7.59. The molecule has 3 aliphatic rings. The van der Waals surface area contributed by atoms with Gasteiger partial charge in [0.2, 0.25) is 5.88 Å². The van der Waals surface area contributed by atoms with E-state index in [-0.39, 0.29) is 30.5 Å². The van der Waals surface area contributed by atoms with Crippen molar-refractivity contribution in [3.8, 4) is 17.1 Å². The second-order valence-corrected chi connectivity index (χ2v) is 10.4. The highest BCUT2D eigenvalue weighted by molar-refractivity contribution is 6.30. The molecule has 206 valence electrons. The first-order valence-electron chi connectivity index (χ1n) is 12.6. The molecule has 3 aliphatic heterocycles. The number of ether oxygens (including phenoxy) is 3. The molecule has 3 saturated heterocycles. The molecule has 1 N–H and O–H groups in total. The van der Waals surface area contributed by atoms with E-state index in [0.29, 0.717) is 54.3 Å². The second kappa shape index (κ2) is 9.92. The number of hydrogen-bond acceptors (Lipinski definition) is 10. The Kier molecular flexibility index (Phi) is 6.56. The van der Waals surface area contributed by atoms with E-state index in [1.54, 1.807) is 19.1 Å². The first kappa shape index (κ1) is 25.8. The number of halogens is 2. The Bertz CT molecular complexity index is 1390. The van der Waals surface area contributed by atoms with Gasteiger partial charge in [0.05, 0.1) is 50.0 Å². The Balaban J connectivity index is 1.30. The van der Waals surface area contributed by atoms with Crippen LogP contribution in [-0.4, -0.2) is 82.7 Å². The van der Waals surface area contributed by atoms with Gasteiger partial charge in [-0.1, -0.05) is 11.6 Å². The van der Waals surface area contributed by atoms with Gasteiger partial charge in [0.15, 0.2) is 11.6 Å². The van der Waals surface area contributed by atoms with E-state index in [4.69, 9.17) is 30.2 Å². The van der Waals surface area contributed by atoms with Crippen LogP contribution < -0.4 is 14.5 Å². The fraction of sp³-hybridized carbons (Fsp3) is 0.462. The summed E-state index contributed by atoms with van der Waals surface area (Å²) >= 11 is 6.33. The van der Waals surface area contributed by atoms with E-state index in [2.05, 4.69) is 26.8 Å². The molecule has 0 saturated carbocycles. The SMILES string of the molecule is Cc1nc(-c2ccoc2)c(F)c(N2C[C@@H](Oc3ncc(Cl)cc3N3CCOC4(COC4)[C@@H]3C)C[C@H]2C(=O)O)n1. The minimum atomic E-state index is -1.11. The van der Waals surface area contributed by atoms with Crippen LogP contribution in [0.1, 0.15) is 19.2 Å². The van der Waals surface area contributed by atoms with Gasteiger partial charge in [0.1, 0.15) is 35.0 Å². The van der Waals surface area contributed by atoms with Gasteiger partial charge in [0.25, 0.3) is 0 Å². The number of aromatic nitrogens is 3. The summed E-state index contributed by atoms with van der Waals surface area (Å²) in [6.45, 7) is 5.85. The molecule has 0 radical (unpaired) electrons. The van der Waals surface area contributed by atoms with Gasteiger partial charge in [-0.3, -0.25) is 0 Å². The number of morpholine rings is 1. The first-order chi connectivity index (χ1) is 18.8. The lowest BCUT2D eigenvalue weighted by atomic mass is 9.90. The molecule has 0 aliphatic carbocycles. The minimum absolute atomic E-state index is 0.0334. The Morgan fingerprint density at radius 3 is 2.82 bits per heavy atom. The lowest BCUT2D eigenvalue weighted by Gasteiger charge is -2.53. The molecule has 0 unspecified atom stereocenters. The molecule has 0 amide bonds. The van der Waals surface area contributed by atoms with E-state index in [0.717, 1.165) is 0 Å².